The molecule has 0 bridgehead atoms. The summed E-state index contributed by atoms with van der Waals surface area (Å²) in [5, 5.41) is 1.68. The van der Waals surface area contributed by atoms with Gasteiger partial charge >= 0.3 is 0 Å². The number of nitrogens with zero attached hydrogens (tertiary/aromatic N) is 3. The number of hydrogen-bond acceptors (Lipinski definition) is 7. The van der Waals surface area contributed by atoms with Crippen molar-refractivity contribution in [3.8, 4) is 0 Å². The molecule has 4 N–H and O–H groups in total. The molecule has 4 rings (SSSR count). The lowest BCUT2D eigenvalue weighted by atomic mass is 10.1. The predicted molar refractivity (Wildman–Crippen MR) is 95.6 cm³/mol. The Bertz CT molecular complexity index is 1240. The van der Waals surface area contributed by atoms with Crippen molar-refractivity contribution in [2.24, 2.45) is 0 Å². The molecule has 4 aromatic rings. The van der Waals surface area contributed by atoms with Crippen LogP contribution in [0, 0.1) is 0 Å². The van der Waals surface area contributed by atoms with Crippen LogP contribution in [-0.2, 0) is 9.84 Å². The van der Waals surface area contributed by atoms with Crippen LogP contribution in [0.15, 0.2) is 64.5 Å². The van der Waals surface area contributed by atoms with Crippen LogP contribution in [0.5, 0.6) is 0 Å². The number of pyridine rings is 1. The number of sulfone groups is 1. The Balaban J connectivity index is 1.90. The van der Waals surface area contributed by atoms with E-state index in [1.165, 1.54) is 12.1 Å². The number of nitrogens with two attached hydrogens (primary N) is 2. The topological polar surface area (TPSA) is 125 Å². The van der Waals surface area contributed by atoms with E-state index in [0.29, 0.717) is 5.52 Å². The number of anilines is 2. The Labute approximate surface area is 143 Å². The second kappa shape index (κ2) is 5.38. The fraction of sp³-hybridized carbons (Fsp3) is 0. The van der Waals surface area contributed by atoms with E-state index in [2.05, 4.69) is 15.0 Å². The molecular formula is C17H13N5O2S. The van der Waals surface area contributed by atoms with Crippen molar-refractivity contribution in [1.82, 2.24) is 15.0 Å². The lowest BCUT2D eigenvalue weighted by molar-refractivity contribution is 0.593. The molecular weight excluding hydrogens is 338 g/mol. The maximum atomic E-state index is 12.9. The zero-order chi connectivity index (χ0) is 17.6. The minimum atomic E-state index is -3.80. The molecule has 0 amide bonds. The first-order chi connectivity index (χ1) is 11.9. The van der Waals surface area contributed by atoms with Crippen LogP contribution in [0.3, 0.4) is 0 Å². The van der Waals surface area contributed by atoms with Gasteiger partial charge in [0.2, 0.25) is 15.8 Å². The maximum Gasteiger partial charge on any atom is 0.223 e. The van der Waals surface area contributed by atoms with E-state index in [4.69, 9.17) is 11.5 Å². The molecule has 0 radical (unpaired) electrons. The number of fused-ring (bicyclic) bond motifs is 2. The van der Waals surface area contributed by atoms with E-state index < -0.39 is 9.84 Å². The summed E-state index contributed by atoms with van der Waals surface area (Å²) in [7, 11) is -3.80. The average Bonchev–Trinajstić information content (AvgIpc) is 2.60. The molecule has 2 aromatic carbocycles. The summed E-state index contributed by atoms with van der Waals surface area (Å²) in [5.74, 6) is 0.0509. The molecule has 25 heavy (non-hydrogen) atoms. The molecule has 0 aliphatic heterocycles. The maximum absolute atomic E-state index is 12.9. The molecule has 124 valence electrons. The third kappa shape index (κ3) is 2.52. The zero-order valence-corrected chi connectivity index (χ0v) is 13.7. The van der Waals surface area contributed by atoms with E-state index in [1.807, 2.05) is 24.3 Å². The van der Waals surface area contributed by atoms with E-state index in [-0.39, 0.29) is 27.2 Å². The third-order valence-electron chi connectivity index (χ3n) is 3.87. The van der Waals surface area contributed by atoms with Gasteiger partial charge in [0.25, 0.3) is 0 Å². The van der Waals surface area contributed by atoms with Crippen molar-refractivity contribution in [3.63, 3.8) is 0 Å². The molecule has 0 aliphatic carbocycles. The van der Waals surface area contributed by atoms with Gasteiger partial charge in [-0.3, -0.25) is 0 Å². The van der Waals surface area contributed by atoms with Gasteiger partial charge in [-0.05, 0) is 35.0 Å². The van der Waals surface area contributed by atoms with Crippen LogP contribution in [0.2, 0.25) is 0 Å². The van der Waals surface area contributed by atoms with Crippen LogP contribution in [-0.4, -0.2) is 23.4 Å². The summed E-state index contributed by atoms with van der Waals surface area (Å²) in [4.78, 5) is 12.1. The molecule has 0 saturated heterocycles. The SMILES string of the molecule is Nc1nc(N)c2nc(S(=O)(=O)c3ccc4ccccc4c3)ccc2n1. The predicted octanol–water partition coefficient (Wildman–Crippen LogP) is 2.18. The van der Waals surface area contributed by atoms with Gasteiger partial charge in [0.15, 0.2) is 10.8 Å². The molecule has 2 aromatic heterocycles. The molecule has 0 atom stereocenters. The van der Waals surface area contributed by atoms with Gasteiger partial charge < -0.3 is 11.5 Å². The highest BCUT2D eigenvalue weighted by Gasteiger charge is 2.21. The van der Waals surface area contributed by atoms with Crippen LogP contribution in [0.25, 0.3) is 21.8 Å². The minimum Gasteiger partial charge on any atom is -0.382 e. The van der Waals surface area contributed by atoms with Crippen molar-refractivity contribution in [2.75, 3.05) is 11.5 Å². The van der Waals surface area contributed by atoms with Crippen LogP contribution < -0.4 is 11.5 Å². The lowest BCUT2D eigenvalue weighted by Gasteiger charge is -2.07. The number of hydrogen-bond donors (Lipinski definition) is 2. The normalized spacial score (nSPS) is 11.8. The monoisotopic (exact) mass is 351 g/mol. The fourth-order valence-corrected chi connectivity index (χ4v) is 3.87. The van der Waals surface area contributed by atoms with E-state index in [9.17, 15) is 8.42 Å². The van der Waals surface area contributed by atoms with E-state index >= 15 is 0 Å². The second-order valence-electron chi connectivity index (χ2n) is 5.50. The number of nitrogen functional groups attached to an aromatic ring is 2. The first kappa shape index (κ1) is 15.3. The van der Waals surface area contributed by atoms with Gasteiger partial charge in [-0.25, -0.2) is 18.4 Å². The highest BCUT2D eigenvalue weighted by molar-refractivity contribution is 7.91. The molecule has 8 heteroatoms. The number of aromatic nitrogens is 3. The second-order valence-corrected chi connectivity index (χ2v) is 7.39. The summed E-state index contributed by atoms with van der Waals surface area (Å²) >= 11 is 0. The van der Waals surface area contributed by atoms with Crippen molar-refractivity contribution >= 4 is 43.4 Å². The standard InChI is InChI=1S/C17H13N5O2S/c18-16-15-13(20-17(19)22-16)7-8-14(21-15)25(23,24)12-6-5-10-3-1-2-4-11(10)9-12/h1-9H,(H4,18,19,20,22). The van der Waals surface area contributed by atoms with Crippen LogP contribution >= 0.6 is 0 Å². The van der Waals surface area contributed by atoms with Gasteiger partial charge in [0.05, 0.1) is 10.4 Å². The summed E-state index contributed by atoms with van der Waals surface area (Å²) in [6.45, 7) is 0. The summed E-state index contributed by atoms with van der Waals surface area (Å²) in [5.41, 5.74) is 11.9. The fourth-order valence-electron chi connectivity index (χ4n) is 2.64. The van der Waals surface area contributed by atoms with Crippen LogP contribution in [0.4, 0.5) is 11.8 Å². The highest BCUT2D eigenvalue weighted by Crippen LogP contribution is 2.26. The van der Waals surface area contributed by atoms with Crippen LogP contribution in [0.1, 0.15) is 0 Å². The first-order valence-electron chi connectivity index (χ1n) is 7.39. The molecule has 0 fully saturated rings. The van der Waals surface area contributed by atoms with Gasteiger partial charge in [0.1, 0.15) is 5.52 Å². The molecule has 0 unspecified atom stereocenters. The number of rotatable bonds is 2. The Morgan fingerprint density at radius 1 is 0.800 bits per heavy atom. The smallest absolute Gasteiger partial charge is 0.223 e. The van der Waals surface area contributed by atoms with Crippen molar-refractivity contribution in [1.29, 1.82) is 0 Å². The summed E-state index contributed by atoms with van der Waals surface area (Å²) < 4.78 is 25.9. The zero-order valence-electron chi connectivity index (χ0n) is 12.9. The van der Waals surface area contributed by atoms with Gasteiger partial charge in [-0.2, -0.15) is 4.98 Å². The van der Waals surface area contributed by atoms with Gasteiger partial charge in [-0.1, -0.05) is 30.3 Å². The summed E-state index contributed by atoms with van der Waals surface area (Å²) in [6.07, 6.45) is 0. The van der Waals surface area contributed by atoms with E-state index in [0.717, 1.165) is 10.8 Å². The lowest BCUT2D eigenvalue weighted by Crippen LogP contribution is -2.07. The number of benzene rings is 2. The average molecular weight is 351 g/mol. The van der Waals surface area contributed by atoms with Crippen molar-refractivity contribution in [3.05, 3.63) is 54.6 Å². The first-order valence-corrected chi connectivity index (χ1v) is 8.87. The Hall–Kier alpha value is -3.26. The largest absolute Gasteiger partial charge is 0.382 e. The highest BCUT2D eigenvalue weighted by atomic mass is 32.2. The molecule has 7 nitrogen and oxygen atoms in total. The van der Waals surface area contributed by atoms with Crippen molar-refractivity contribution < 1.29 is 8.42 Å². The Morgan fingerprint density at radius 3 is 2.36 bits per heavy atom. The Morgan fingerprint density at radius 2 is 1.56 bits per heavy atom. The molecule has 0 saturated carbocycles. The quantitative estimate of drug-likeness (QED) is 0.567. The minimum absolute atomic E-state index is 0.0111. The Kier molecular flexibility index (Phi) is 3.29. The van der Waals surface area contributed by atoms with E-state index in [1.54, 1.807) is 18.2 Å². The summed E-state index contributed by atoms with van der Waals surface area (Å²) in [6, 6.07) is 15.4. The molecule has 0 spiro atoms. The molecule has 2 heterocycles. The van der Waals surface area contributed by atoms with Gasteiger partial charge in [-0.15, -0.1) is 0 Å². The van der Waals surface area contributed by atoms with Crippen molar-refractivity contribution in [2.45, 2.75) is 9.92 Å². The third-order valence-corrected chi connectivity index (χ3v) is 5.52. The van der Waals surface area contributed by atoms with Gasteiger partial charge in [0, 0.05) is 0 Å². The molecule has 0 aliphatic rings.